The summed E-state index contributed by atoms with van der Waals surface area (Å²) in [4.78, 5) is 12.2. The molecule has 2 rings (SSSR count). The van der Waals surface area contributed by atoms with E-state index in [2.05, 4.69) is 5.32 Å². The van der Waals surface area contributed by atoms with Crippen LogP contribution in [0.25, 0.3) is 0 Å². The Morgan fingerprint density at radius 2 is 1.85 bits per heavy atom. The zero-order chi connectivity index (χ0) is 14.5. The van der Waals surface area contributed by atoms with Crippen LogP contribution in [-0.2, 0) is 0 Å². The van der Waals surface area contributed by atoms with Crippen molar-refractivity contribution in [1.29, 1.82) is 0 Å². The maximum absolute atomic E-state index is 12.2. The Balaban J connectivity index is 2.17. The summed E-state index contributed by atoms with van der Waals surface area (Å²) in [6.07, 6.45) is 0. The minimum atomic E-state index is -0.476. The molecule has 0 aliphatic heterocycles. The number of carbonyl (C=O) groups is 1. The van der Waals surface area contributed by atoms with Crippen LogP contribution in [0.5, 0.6) is 0 Å². The lowest BCUT2D eigenvalue weighted by Gasteiger charge is -2.17. The molecule has 2 N–H and O–H groups in total. The highest BCUT2D eigenvalue weighted by Crippen LogP contribution is 2.22. The van der Waals surface area contributed by atoms with Crippen LogP contribution in [0, 0.1) is 0 Å². The molecule has 0 heterocycles. The number of hydrogen-bond acceptors (Lipinski definition) is 2. The fraction of sp³-hybridized carbons (Fsp3) is 0.133. The molecule has 2 aromatic rings. The summed E-state index contributed by atoms with van der Waals surface area (Å²) in [5.74, 6) is -0.352. The SMILES string of the molecule is O=C(N[C@@H](CO)c1ccccc1)c1ccc(Cl)cc1Cl. The summed E-state index contributed by atoms with van der Waals surface area (Å²) < 4.78 is 0. The number of hydrogen-bond donors (Lipinski definition) is 2. The van der Waals surface area contributed by atoms with E-state index in [-0.39, 0.29) is 17.5 Å². The summed E-state index contributed by atoms with van der Waals surface area (Å²) in [5.41, 5.74) is 1.15. The molecule has 0 unspecified atom stereocenters. The van der Waals surface area contributed by atoms with Gasteiger partial charge in [0, 0.05) is 5.02 Å². The van der Waals surface area contributed by atoms with Gasteiger partial charge in [0.2, 0.25) is 0 Å². The molecule has 2 aromatic carbocycles. The van der Waals surface area contributed by atoms with Gasteiger partial charge in [0.15, 0.2) is 0 Å². The number of rotatable bonds is 4. The molecule has 1 atom stereocenters. The molecule has 104 valence electrons. The minimum Gasteiger partial charge on any atom is -0.394 e. The Morgan fingerprint density at radius 1 is 1.15 bits per heavy atom. The summed E-state index contributed by atoms with van der Waals surface area (Å²) in [5, 5.41) is 12.9. The van der Waals surface area contributed by atoms with Gasteiger partial charge in [-0.1, -0.05) is 53.5 Å². The Labute approximate surface area is 127 Å². The van der Waals surface area contributed by atoms with E-state index in [1.54, 1.807) is 12.1 Å². The van der Waals surface area contributed by atoms with Gasteiger partial charge in [-0.15, -0.1) is 0 Å². The zero-order valence-corrected chi connectivity index (χ0v) is 12.0. The van der Waals surface area contributed by atoms with Crippen LogP contribution < -0.4 is 5.32 Å². The highest BCUT2D eigenvalue weighted by Gasteiger charge is 2.16. The first-order valence-electron chi connectivity index (χ1n) is 6.03. The normalized spacial score (nSPS) is 11.9. The van der Waals surface area contributed by atoms with Crippen molar-refractivity contribution in [2.24, 2.45) is 0 Å². The van der Waals surface area contributed by atoms with E-state index < -0.39 is 6.04 Å². The smallest absolute Gasteiger partial charge is 0.253 e. The quantitative estimate of drug-likeness (QED) is 0.908. The van der Waals surface area contributed by atoms with Crippen molar-refractivity contribution in [3.8, 4) is 0 Å². The zero-order valence-electron chi connectivity index (χ0n) is 10.5. The lowest BCUT2D eigenvalue weighted by atomic mass is 10.1. The molecule has 3 nitrogen and oxygen atoms in total. The summed E-state index contributed by atoms with van der Waals surface area (Å²) >= 11 is 11.8. The number of aliphatic hydroxyl groups excluding tert-OH is 1. The molecule has 0 radical (unpaired) electrons. The highest BCUT2D eigenvalue weighted by atomic mass is 35.5. The van der Waals surface area contributed by atoms with E-state index in [0.717, 1.165) is 5.56 Å². The van der Waals surface area contributed by atoms with E-state index in [1.165, 1.54) is 6.07 Å². The second-order valence-corrected chi connectivity index (χ2v) is 5.09. The molecule has 0 fully saturated rings. The van der Waals surface area contributed by atoms with Crippen LogP contribution in [0.3, 0.4) is 0 Å². The Morgan fingerprint density at radius 3 is 2.45 bits per heavy atom. The van der Waals surface area contributed by atoms with Gasteiger partial charge in [0.25, 0.3) is 5.91 Å². The molecular weight excluding hydrogens is 297 g/mol. The van der Waals surface area contributed by atoms with Crippen molar-refractivity contribution < 1.29 is 9.90 Å². The van der Waals surface area contributed by atoms with Gasteiger partial charge in [0.05, 0.1) is 23.2 Å². The summed E-state index contributed by atoms with van der Waals surface area (Å²) in [6.45, 7) is -0.193. The maximum Gasteiger partial charge on any atom is 0.253 e. The third-order valence-corrected chi connectivity index (χ3v) is 3.41. The Kier molecular flexibility index (Phi) is 5.01. The number of carbonyl (C=O) groups excluding carboxylic acids is 1. The van der Waals surface area contributed by atoms with Gasteiger partial charge in [-0.05, 0) is 23.8 Å². The van der Waals surface area contributed by atoms with Crippen molar-refractivity contribution in [3.63, 3.8) is 0 Å². The largest absolute Gasteiger partial charge is 0.394 e. The standard InChI is InChI=1S/C15H13Cl2NO2/c16-11-6-7-12(13(17)8-11)15(20)18-14(9-19)10-4-2-1-3-5-10/h1-8,14,19H,9H2,(H,18,20)/t14-/m0/s1. The fourth-order valence-electron chi connectivity index (χ4n) is 1.83. The van der Waals surface area contributed by atoms with E-state index in [1.807, 2.05) is 30.3 Å². The second-order valence-electron chi connectivity index (χ2n) is 4.24. The van der Waals surface area contributed by atoms with Crippen LogP contribution in [0.1, 0.15) is 22.0 Å². The maximum atomic E-state index is 12.2. The molecule has 0 aliphatic carbocycles. The van der Waals surface area contributed by atoms with E-state index in [0.29, 0.717) is 10.6 Å². The van der Waals surface area contributed by atoms with Crippen LogP contribution in [0.4, 0.5) is 0 Å². The molecule has 0 saturated heterocycles. The number of amides is 1. The number of nitrogens with one attached hydrogen (secondary N) is 1. The lowest BCUT2D eigenvalue weighted by Crippen LogP contribution is -2.30. The monoisotopic (exact) mass is 309 g/mol. The Hall–Kier alpha value is -1.55. The number of halogens is 2. The molecule has 0 aromatic heterocycles. The molecular formula is C15H13Cl2NO2. The van der Waals surface area contributed by atoms with Gasteiger partial charge >= 0.3 is 0 Å². The van der Waals surface area contributed by atoms with Gasteiger partial charge in [-0.2, -0.15) is 0 Å². The van der Waals surface area contributed by atoms with Crippen LogP contribution >= 0.6 is 23.2 Å². The van der Waals surface area contributed by atoms with Crippen molar-refractivity contribution >= 4 is 29.1 Å². The van der Waals surface area contributed by atoms with Crippen LogP contribution in [0.2, 0.25) is 10.0 Å². The van der Waals surface area contributed by atoms with Gasteiger partial charge in [-0.3, -0.25) is 4.79 Å². The molecule has 0 spiro atoms. The van der Waals surface area contributed by atoms with Crippen LogP contribution in [0.15, 0.2) is 48.5 Å². The van der Waals surface area contributed by atoms with Crippen molar-refractivity contribution in [1.82, 2.24) is 5.32 Å². The van der Waals surface area contributed by atoms with E-state index in [9.17, 15) is 9.90 Å². The number of aliphatic hydroxyl groups is 1. The first kappa shape index (κ1) is 14.9. The average Bonchev–Trinajstić information content (AvgIpc) is 2.45. The van der Waals surface area contributed by atoms with Crippen LogP contribution in [-0.4, -0.2) is 17.6 Å². The molecule has 0 saturated carbocycles. The van der Waals surface area contributed by atoms with E-state index in [4.69, 9.17) is 23.2 Å². The highest BCUT2D eigenvalue weighted by molar-refractivity contribution is 6.36. The third-order valence-electron chi connectivity index (χ3n) is 2.87. The van der Waals surface area contributed by atoms with Crippen molar-refractivity contribution in [2.75, 3.05) is 6.61 Å². The molecule has 1 amide bonds. The fourth-order valence-corrected chi connectivity index (χ4v) is 2.32. The lowest BCUT2D eigenvalue weighted by molar-refractivity contribution is 0.0916. The van der Waals surface area contributed by atoms with Gasteiger partial charge in [-0.25, -0.2) is 0 Å². The molecule has 0 aliphatic rings. The molecule has 0 bridgehead atoms. The summed E-state index contributed by atoms with van der Waals surface area (Å²) in [6, 6.07) is 13.4. The van der Waals surface area contributed by atoms with Gasteiger partial charge in [0.1, 0.15) is 0 Å². The van der Waals surface area contributed by atoms with E-state index >= 15 is 0 Å². The van der Waals surface area contributed by atoms with Crippen molar-refractivity contribution in [3.05, 3.63) is 69.7 Å². The molecule has 20 heavy (non-hydrogen) atoms. The Bertz CT molecular complexity index is 602. The number of benzene rings is 2. The first-order valence-corrected chi connectivity index (χ1v) is 6.79. The molecule has 5 heteroatoms. The second kappa shape index (κ2) is 6.75. The summed E-state index contributed by atoms with van der Waals surface area (Å²) in [7, 11) is 0. The van der Waals surface area contributed by atoms with Gasteiger partial charge < -0.3 is 10.4 Å². The predicted molar refractivity (Wildman–Crippen MR) is 80.2 cm³/mol. The first-order chi connectivity index (χ1) is 9.61. The van der Waals surface area contributed by atoms with Crippen molar-refractivity contribution in [2.45, 2.75) is 6.04 Å². The third kappa shape index (κ3) is 3.51. The predicted octanol–water partition coefficient (Wildman–Crippen LogP) is 3.46. The average molecular weight is 310 g/mol. The minimum absolute atomic E-state index is 0.193. The topological polar surface area (TPSA) is 49.3 Å².